The predicted molar refractivity (Wildman–Crippen MR) is 69.9 cm³/mol. The molecule has 0 aliphatic carbocycles. The molecule has 2 aromatic rings. The maximum Gasteiger partial charge on any atom is 0.259 e. The van der Waals surface area contributed by atoms with Gasteiger partial charge in [-0.15, -0.1) is 0 Å². The number of benzene rings is 1. The van der Waals surface area contributed by atoms with Crippen LogP contribution in [0.3, 0.4) is 0 Å². The Balaban J connectivity index is 0.000000199. The van der Waals surface area contributed by atoms with Crippen molar-refractivity contribution in [3.8, 4) is 5.75 Å². The van der Waals surface area contributed by atoms with E-state index in [1.165, 1.54) is 6.07 Å². The van der Waals surface area contributed by atoms with E-state index in [2.05, 4.69) is 4.98 Å². The van der Waals surface area contributed by atoms with Crippen molar-refractivity contribution in [2.75, 3.05) is 6.61 Å². The minimum absolute atomic E-state index is 0.0532. The van der Waals surface area contributed by atoms with Gasteiger partial charge in [0, 0.05) is 12.3 Å². The van der Waals surface area contributed by atoms with Gasteiger partial charge in [-0.3, -0.25) is 9.59 Å². The molecule has 0 aliphatic heterocycles. The first-order valence-electron chi connectivity index (χ1n) is 5.18. The van der Waals surface area contributed by atoms with Gasteiger partial charge in [-0.2, -0.15) is 0 Å². The van der Waals surface area contributed by atoms with Crippen LogP contribution in [0.4, 0.5) is 0 Å². The monoisotopic (exact) mass is 265 g/mol. The average molecular weight is 266 g/mol. The number of H-pyrrole nitrogens is 1. The summed E-state index contributed by atoms with van der Waals surface area (Å²) in [5.74, 6) is 0.654. The Morgan fingerprint density at radius 3 is 2.22 bits per heavy atom. The molecule has 1 aromatic heterocycles. The van der Waals surface area contributed by atoms with Gasteiger partial charge in [-0.05, 0) is 29.8 Å². The van der Waals surface area contributed by atoms with E-state index in [0.29, 0.717) is 5.75 Å². The molecular weight excluding hydrogens is 254 g/mol. The molecular formula is C13H12ClNO3. The molecule has 1 N–H and O–H groups in total. The van der Waals surface area contributed by atoms with E-state index in [4.69, 9.17) is 16.3 Å². The molecule has 0 unspecified atom stereocenters. The molecule has 0 bridgehead atoms. The number of rotatable bonds is 3. The molecule has 5 heteroatoms. The molecule has 0 saturated carbocycles. The lowest BCUT2D eigenvalue weighted by molar-refractivity contribution is -0.113. The lowest BCUT2D eigenvalue weighted by Gasteiger charge is -2.00. The fraction of sp³-hybridized carbons (Fsp3) is 0.0769. The number of carbonyl (C=O) groups excluding carboxylic acids is 1. The fourth-order valence-electron chi connectivity index (χ4n) is 1.03. The normalized spacial score (nSPS) is 8.94. The van der Waals surface area contributed by atoms with Crippen LogP contribution in [-0.4, -0.2) is 16.8 Å². The van der Waals surface area contributed by atoms with E-state index in [-0.39, 0.29) is 12.2 Å². The van der Waals surface area contributed by atoms with Gasteiger partial charge in [0.05, 0.1) is 0 Å². The molecule has 18 heavy (non-hydrogen) atoms. The zero-order valence-corrected chi connectivity index (χ0v) is 10.3. The Kier molecular flexibility index (Phi) is 6.28. The van der Waals surface area contributed by atoms with Crippen LogP contribution in [0.5, 0.6) is 5.75 Å². The minimum Gasteiger partial charge on any atom is -0.484 e. The van der Waals surface area contributed by atoms with Crippen molar-refractivity contribution in [3.63, 3.8) is 0 Å². The summed E-state index contributed by atoms with van der Waals surface area (Å²) in [6.45, 7) is -0.0778. The first-order chi connectivity index (χ1) is 8.68. The second kappa shape index (κ2) is 8.08. The first-order valence-corrected chi connectivity index (χ1v) is 5.56. The van der Waals surface area contributed by atoms with E-state index in [9.17, 15) is 9.59 Å². The lowest BCUT2D eigenvalue weighted by Crippen LogP contribution is -2.03. The second-order valence-electron chi connectivity index (χ2n) is 3.18. The number of aromatic nitrogens is 1. The van der Waals surface area contributed by atoms with Gasteiger partial charge in [0.15, 0.2) is 6.61 Å². The molecule has 0 spiro atoms. The third-order valence-corrected chi connectivity index (χ3v) is 1.89. The number of carbonyl (C=O) groups is 1. The van der Waals surface area contributed by atoms with Crippen molar-refractivity contribution in [1.82, 2.24) is 4.98 Å². The number of para-hydroxylation sites is 1. The highest BCUT2D eigenvalue weighted by atomic mass is 35.5. The Hall–Kier alpha value is -2.07. The topological polar surface area (TPSA) is 59.2 Å². The van der Waals surface area contributed by atoms with E-state index >= 15 is 0 Å². The molecule has 0 radical (unpaired) electrons. The van der Waals surface area contributed by atoms with Crippen molar-refractivity contribution in [1.29, 1.82) is 0 Å². The Morgan fingerprint density at radius 1 is 1.11 bits per heavy atom. The van der Waals surface area contributed by atoms with Gasteiger partial charge in [0.1, 0.15) is 5.75 Å². The molecule has 94 valence electrons. The summed E-state index contributed by atoms with van der Waals surface area (Å²) in [4.78, 5) is 22.9. The number of aromatic amines is 1. The van der Waals surface area contributed by atoms with Crippen molar-refractivity contribution >= 4 is 16.8 Å². The largest absolute Gasteiger partial charge is 0.484 e. The number of hydrogen-bond acceptors (Lipinski definition) is 3. The second-order valence-corrected chi connectivity index (χ2v) is 3.61. The van der Waals surface area contributed by atoms with Gasteiger partial charge < -0.3 is 9.72 Å². The highest BCUT2D eigenvalue weighted by molar-refractivity contribution is 6.63. The summed E-state index contributed by atoms with van der Waals surface area (Å²) in [5, 5.41) is -0.492. The predicted octanol–water partition coefficient (Wildman–Crippen LogP) is 2.21. The number of hydrogen-bond donors (Lipinski definition) is 1. The van der Waals surface area contributed by atoms with Crippen molar-refractivity contribution in [2.45, 2.75) is 0 Å². The van der Waals surface area contributed by atoms with Crippen LogP contribution in [0.1, 0.15) is 0 Å². The van der Waals surface area contributed by atoms with Gasteiger partial charge in [0.2, 0.25) is 5.56 Å². The molecule has 2 rings (SSSR count). The summed E-state index contributed by atoms with van der Waals surface area (Å²) in [7, 11) is 0. The average Bonchev–Trinajstić information content (AvgIpc) is 2.39. The van der Waals surface area contributed by atoms with Crippen LogP contribution in [0.15, 0.2) is 59.5 Å². The molecule has 0 amide bonds. The van der Waals surface area contributed by atoms with Crippen molar-refractivity contribution < 1.29 is 9.53 Å². The van der Waals surface area contributed by atoms with Gasteiger partial charge in [0.25, 0.3) is 5.24 Å². The molecule has 0 atom stereocenters. The Labute approximate surface area is 109 Å². The number of pyridine rings is 1. The van der Waals surface area contributed by atoms with Crippen LogP contribution in [0, 0.1) is 0 Å². The summed E-state index contributed by atoms with van der Waals surface area (Å²) in [6.07, 6.45) is 1.60. The third-order valence-electron chi connectivity index (χ3n) is 1.78. The van der Waals surface area contributed by atoms with Crippen LogP contribution < -0.4 is 10.3 Å². The van der Waals surface area contributed by atoms with Crippen molar-refractivity contribution in [3.05, 3.63) is 65.1 Å². The van der Waals surface area contributed by atoms with Crippen LogP contribution in [0.25, 0.3) is 0 Å². The van der Waals surface area contributed by atoms with E-state index in [1.54, 1.807) is 30.5 Å². The summed E-state index contributed by atoms with van der Waals surface area (Å²) in [6, 6.07) is 14.0. The highest BCUT2D eigenvalue weighted by Crippen LogP contribution is 2.07. The molecule has 1 aromatic carbocycles. The number of halogens is 1. The summed E-state index contributed by atoms with van der Waals surface area (Å²) < 4.78 is 4.99. The number of nitrogens with one attached hydrogen (secondary N) is 1. The SMILES string of the molecule is O=C(Cl)COc1ccccc1.O=c1cccc[nH]1. The maximum atomic E-state index is 10.3. The van der Waals surface area contributed by atoms with Crippen LogP contribution in [-0.2, 0) is 4.79 Å². The number of ether oxygens (including phenoxy) is 1. The van der Waals surface area contributed by atoms with E-state index < -0.39 is 5.24 Å². The standard InChI is InChI=1S/C8H7ClO2.C5H5NO/c9-8(10)6-11-7-4-2-1-3-5-7;7-5-3-1-2-4-6-5/h1-5H,6H2;1-4H,(H,6,7). The molecule has 0 aliphatic rings. The third kappa shape index (κ3) is 6.50. The molecule has 4 nitrogen and oxygen atoms in total. The van der Waals surface area contributed by atoms with E-state index in [0.717, 1.165) is 0 Å². The summed E-state index contributed by atoms with van der Waals surface area (Å²) >= 11 is 5.06. The van der Waals surface area contributed by atoms with E-state index in [1.807, 2.05) is 18.2 Å². The van der Waals surface area contributed by atoms with Crippen LogP contribution in [0.2, 0.25) is 0 Å². The van der Waals surface area contributed by atoms with Gasteiger partial charge in [-0.25, -0.2) is 0 Å². The molecule has 0 saturated heterocycles. The molecule has 1 heterocycles. The smallest absolute Gasteiger partial charge is 0.259 e. The quantitative estimate of drug-likeness (QED) is 0.866. The van der Waals surface area contributed by atoms with Crippen molar-refractivity contribution in [2.24, 2.45) is 0 Å². The first kappa shape index (κ1) is 14.0. The van der Waals surface area contributed by atoms with Crippen LogP contribution >= 0.6 is 11.6 Å². The van der Waals surface area contributed by atoms with Gasteiger partial charge >= 0.3 is 0 Å². The fourth-order valence-corrected chi connectivity index (χ4v) is 1.09. The Bertz CT molecular complexity index is 508. The zero-order chi connectivity index (χ0) is 13.2. The minimum atomic E-state index is -0.492. The lowest BCUT2D eigenvalue weighted by atomic mass is 10.3. The molecule has 0 fully saturated rings. The van der Waals surface area contributed by atoms with Gasteiger partial charge in [-0.1, -0.05) is 24.3 Å². The maximum absolute atomic E-state index is 10.3. The zero-order valence-electron chi connectivity index (χ0n) is 9.51. The summed E-state index contributed by atoms with van der Waals surface area (Å²) in [5.41, 5.74) is -0.0532. The Morgan fingerprint density at radius 2 is 1.78 bits per heavy atom. The highest BCUT2D eigenvalue weighted by Gasteiger charge is 1.95.